The van der Waals surface area contributed by atoms with Gasteiger partial charge in [0.1, 0.15) is 12.0 Å². The Labute approximate surface area is 156 Å². The summed E-state index contributed by atoms with van der Waals surface area (Å²) in [6.45, 7) is 10.7. The summed E-state index contributed by atoms with van der Waals surface area (Å²) in [4.78, 5) is 27.5. The zero-order valence-corrected chi connectivity index (χ0v) is 16.4. The fraction of sp³-hybridized carbons (Fsp3) is 0.810. The summed E-state index contributed by atoms with van der Waals surface area (Å²) < 4.78 is 5.87. The van der Waals surface area contributed by atoms with Crippen LogP contribution in [0.25, 0.3) is 0 Å². The van der Waals surface area contributed by atoms with Crippen molar-refractivity contribution < 1.29 is 19.2 Å². The van der Waals surface area contributed by atoms with Crippen molar-refractivity contribution in [2.24, 2.45) is 23.2 Å². The summed E-state index contributed by atoms with van der Waals surface area (Å²) >= 11 is 0. The van der Waals surface area contributed by atoms with Crippen LogP contribution in [0, 0.1) is 23.2 Å². The van der Waals surface area contributed by atoms with Gasteiger partial charge in [-0.25, -0.2) is 0 Å². The third-order valence-electron chi connectivity index (χ3n) is 7.51. The number of hydrogen-bond donors (Lipinski definition) is 1. The zero-order valence-electron chi connectivity index (χ0n) is 16.4. The Morgan fingerprint density at radius 3 is 2.81 bits per heavy atom. The molecule has 0 aromatic rings. The molecule has 2 heterocycles. The van der Waals surface area contributed by atoms with Crippen LogP contribution in [0.2, 0.25) is 0 Å². The number of nitrogens with one attached hydrogen (secondary N) is 1. The summed E-state index contributed by atoms with van der Waals surface area (Å²) in [5.74, 6) is 1.05. The molecule has 0 bridgehead atoms. The van der Waals surface area contributed by atoms with Gasteiger partial charge in [0.25, 0.3) is 0 Å². The minimum absolute atomic E-state index is 0.00764. The van der Waals surface area contributed by atoms with E-state index < -0.39 is 0 Å². The first-order valence-corrected chi connectivity index (χ1v) is 10.4. The van der Waals surface area contributed by atoms with Gasteiger partial charge in [-0.1, -0.05) is 31.9 Å². The van der Waals surface area contributed by atoms with Gasteiger partial charge in [-0.2, -0.15) is 0 Å². The van der Waals surface area contributed by atoms with Crippen LogP contribution in [0.3, 0.4) is 0 Å². The number of nitrogens with zero attached hydrogens (tertiary/aromatic N) is 1. The Morgan fingerprint density at radius 2 is 2.12 bits per heavy atom. The van der Waals surface area contributed by atoms with Crippen LogP contribution >= 0.6 is 0 Å². The van der Waals surface area contributed by atoms with Crippen LogP contribution in [0.1, 0.15) is 46.5 Å². The number of rotatable bonds is 2. The van der Waals surface area contributed by atoms with Gasteiger partial charge < -0.3 is 14.5 Å². The number of fused-ring (bicyclic) bond motifs is 2. The quantitative estimate of drug-likeness (QED) is 0.591. The molecule has 2 saturated heterocycles. The standard InChI is InChI=1S/C21H32N2O3/c1-14-5-4-6-21(3)12-19-16(11-18(14)21)17(20(25)26-19)13-22-7-9-23(10-8-22)15(2)24/h11,14,16-17,19H,4-10,12-13H2,1-3H3/p+1/t14-,16+,17-,19+,21+/m0/s1. The van der Waals surface area contributed by atoms with Crippen LogP contribution in [0.15, 0.2) is 11.6 Å². The third-order valence-corrected chi connectivity index (χ3v) is 7.51. The first-order valence-electron chi connectivity index (χ1n) is 10.4. The van der Waals surface area contributed by atoms with E-state index in [9.17, 15) is 9.59 Å². The number of piperazine rings is 1. The molecule has 4 rings (SSSR count). The number of allylic oxidation sites excluding steroid dienone is 1. The van der Waals surface area contributed by atoms with Crippen LogP contribution in [-0.2, 0) is 14.3 Å². The second-order valence-corrected chi connectivity index (χ2v) is 9.30. The van der Waals surface area contributed by atoms with Gasteiger partial charge in [0.05, 0.1) is 32.7 Å². The van der Waals surface area contributed by atoms with Crippen molar-refractivity contribution >= 4 is 11.9 Å². The van der Waals surface area contributed by atoms with Gasteiger partial charge in [0.2, 0.25) is 5.91 Å². The molecule has 2 aliphatic carbocycles. The summed E-state index contributed by atoms with van der Waals surface area (Å²) in [5.41, 5.74) is 1.82. The molecule has 1 amide bonds. The van der Waals surface area contributed by atoms with E-state index in [0.29, 0.717) is 5.92 Å². The lowest BCUT2D eigenvalue weighted by molar-refractivity contribution is -0.906. The first-order chi connectivity index (χ1) is 12.4. The van der Waals surface area contributed by atoms with Crippen LogP contribution in [0.5, 0.6) is 0 Å². The van der Waals surface area contributed by atoms with Crippen molar-refractivity contribution in [3.63, 3.8) is 0 Å². The van der Waals surface area contributed by atoms with E-state index in [1.807, 2.05) is 4.90 Å². The van der Waals surface area contributed by atoms with Crippen molar-refractivity contribution in [2.75, 3.05) is 32.7 Å². The van der Waals surface area contributed by atoms with E-state index in [-0.39, 0.29) is 35.2 Å². The highest BCUT2D eigenvalue weighted by molar-refractivity contribution is 5.76. The summed E-state index contributed by atoms with van der Waals surface area (Å²) in [5, 5.41) is 0. The van der Waals surface area contributed by atoms with E-state index in [4.69, 9.17) is 4.74 Å². The van der Waals surface area contributed by atoms with E-state index in [2.05, 4.69) is 19.9 Å². The third kappa shape index (κ3) is 3.08. The smallest absolute Gasteiger partial charge is 0.315 e. The van der Waals surface area contributed by atoms with Crippen LogP contribution < -0.4 is 4.90 Å². The average molecular weight is 362 g/mol. The predicted molar refractivity (Wildman–Crippen MR) is 98.5 cm³/mol. The highest BCUT2D eigenvalue weighted by Crippen LogP contribution is 2.53. The van der Waals surface area contributed by atoms with Crippen molar-refractivity contribution in [2.45, 2.75) is 52.6 Å². The van der Waals surface area contributed by atoms with Crippen molar-refractivity contribution in [3.8, 4) is 0 Å². The van der Waals surface area contributed by atoms with Gasteiger partial charge >= 0.3 is 5.97 Å². The maximum Gasteiger partial charge on any atom is 0.315 e. The van der Waals surface area contributed by atoms with Crippen LogP contribution in [0.4, 0.5) is 0 Å². The van der Waals surface area contributed by atoms with Gasteiger partial charge in [-0.05, 0) is 30.6 Å². The normalized spacial score (nSPS) is 40.5. The molecule has 0 spiro atoms. The molecule has 144 valence electrons. The number of quaternary nitrogens is 1. The summed E-state index contributed by atoms with van der Waals surface area (Å²) in [7, 11) is 0. The molecule has 0 radical (unpaired) electrons. The van der Waals surface area contributed by atoms with Gasteiger partial charge in [0.15, 0.2) is 0 Å². The largest absolute Gasteiger partial charge is 0.461 e. The number of hydrogen-bond acceptors (Lipinski definition) is 3. The Kier molecular flexibility index (Phi) is 4.62. The first kappa shape index (κ1) is 18.0. The maximum absolute atomic E-state index is 12.6. The molecule has 0 aromatic carbocycles. The lowest BCUT2D eigenvalue weighted by Crippen LogP contribution is -3.15. The lowest BCUT2D eigenvalue weighted by Gasteiger charge is -2.46. The van der Waals surface area contributed by atoms with E-state index in [1.54, 1.807) is 12.5 Å². The van der Waals surface area contributed by atoms with Crippen molar-refractivity contribution in [1.82, 2.24) is 4.90 Å². The number of ether oxygens (including phenoxy) is 1. The van der Waals surface area contributed by atoms with E-state index in [0.717, 1.165) is 39.1 Å². The fourth-order valence-electron chi connectivity index (χ4n) is 5.93. The zero-order chi connectivity index (χ0) is 18.5. The molecule has 0 aromatic heterocycles. The Bertz CT molecular complexity index is 623. The van der Waals surface area contributed by atoms with Crippen LogP contribution in [-0.4, -0.2) is 55.6 Å². The van der Waals surface area contributed by atoms with Gasteiger partial charge in [-0.15, -0.1) is 0 Å². The molecule has 26 heavy (non-hydrogen) atoms. The molecule has 5 heteroatoms. The predicted octanol–water partition coefficient (Wildman–Crippen LogP) is 1.05. The lowest BCUT2D eigenvalue weighted by atomic mass is 9.59. The second kappa shape index (κ2) is 6.66. The molecule has 1 saturated carbocycles. The minimum atomic E-state index is -0.00921. The Balaban J connectivity index is 1.48. The number of carbonyl (C=O) groups is 2. The molecule has 1 N–H and O–H groups in total. The molecule has 4 aliphatic rings. The number of amides is 1. The highest BCUT2D eigenvalue weighted by Gasteiger charge is 2.52. The van der Waals surface area contributed by atoms with Gasteiger partial charge in [0, 0.05) is 12.8 Å². The molecular formula is C21H33N2O3+. The Hall–Kier alpha value is -1.36. The van der Waals surface area contributed by atoms with Crippen molar-refractivity contribution in [1.29, 1.82) is 0 Å². The molecule has 5 nitrogen and oxygen atoms in total. The second-order valence-electron chi connectivity index (χ2n) is 9.30. The minimum Gasteiger partial charge on any atom is -0.461 e. The van der Waals surface area contributed by atoms with E-state index in [1.165, 1.54) is 24.2 Å². The molecule has 2 aliphatic heterocycles. The average Bonchev–Trinajstić information content (AvgIpc) is 2.88. The SMILES string of the molecule is CC(=O)N1CC[NH+](C[C@@H]2C(=O)O[C@@H]3C[C@@]4(C)CCC[C@H](C)C4=C[C@H]23)CC1. The van der Waals surface area contributed by atoms with Crippen molar-refractivity contribution in [3.05, 3.63) is 11.6 Å². The molecule has 3 fully saturated rings. The maximum atomic E-state index is 12.6. The topological polar surface area (TPSA) is 51.1 Å². The highest BCUT2D eigenvalue weighted by atomic mass is 16.6. The monoisotopic (exact) mass is 361 g/mol. The van der Waals surface area contributed by atoms with Gasteiger partial charge in [-0.3, -0.25) is 9.59 Å². The number of carbonyl (C=O) groups excluding carboxylic acids is 2. The molecule has 5 atom stereocenters. The Morgan fingerprint density at radius 1 is 1.38 bits per heavy atom. The van der Waals surface area contributed by atoms with E-state index >= 15 is 0 Å². The molecular weight excluding hydrogens is 328 g/mol. The fourth-order valence-corrected chi connectivity index (χ4v) is 5.93. The molecule has 0 unspecified atom stereocenters. The number of esters is 1. The summed E-state index contributed by atoms with van der Waals surface area (Å²) in [6, 6.07) is 0. The summed E-state index contributed by atoms with van der Waals surface area (Å²) in [6.07, 6.45) is 7.31.